The van der Waals surface area contributed by atoms with Crippen LogP contribution in [0.15, 0.2) is 16.8 Å². The fourth-order valence-electron chi connectivity index (χ4n) is 1.55. The number of thioether (sulfide) groups is 1. The Morgan fingerprint density at radius 1 is 1.13 bits per heavy atom. The average molecular weight is 242 g/mol. The van der Waals surface area contributed by atoms with E-state index in [1.54, 1.807) is 11.3 Å². The van der Waals surface area contributed by atoms with Gasteiger partial charge in [-0.25, -0.2) is 0 Å². The summed E-state index contributed by atoms with van der Waals surface area (Å²) in [5.74, 6) is 2.54. The second-order valence-electron chi connectivity index (χ2n) is 3.95. The van der Waals surface area contributed by atoms with E-state index in [2.05, 4.69) is 35.5 Å². The molecule has 0 bridgehead atoms. The van der Waals surface area contributed by atoms with Gasteiger partial charge >= 0.3 is 0 Å². The van der Waals surface area contributed by atoms with Crippen molar-refractivity contribution in [1.82, 2.24) is 0 Å². The molecular formula is C13H22S2. The molecule has 0 N–H and O–H groups in total. The maximum atomic E-state index is 2.27. The number of rotatable bonds is 9. The van der Waals surface area contributed by atoms with Crippen LogP contribution in [0.1, 0.15) is 51.0 Å². The molecule has 15 heavy (non-hydrogen) atoms. The molecule has 0 amide bonds. The minimum absolute atomic E-state index is 1.21. The van der Waals surface area contributed by atoms with E-state index in [9.17, 15) is 0 Å². The summed E-state index contributed by atoms with van der Waals surface area (Å²) in [5, 5.41) is 4.43. The van der Waals surface area contributed by atoms with Crippen molar-refractivity contribution in [3.05, 3.63) is 22.4 Å². The molecule has 0 nitrogen and oxygen atoms in total. The molecule has 0 fully saturated rings. The molecule has 2 heteroatoms. The molecule has 1 aromatic heterocycles. The largest absolute Gasteiger partial charge is 0.157 e. The first kappa shape index (κ1) is 13.1. The van der Waals surface area contributed by atoms with Gasteiger partial charge in [-0.15, -0.1) is 0 Å². The zero-order chi connectivity index (χ0) is 10.8. The summed E-state index contributed by atoms with van der Waals surface area (Å²) >= 11 is 3.89. The van der Waals surface area contributed by atoms with Gasteiger partial charge in [-0.1, -0.05) is 39.0 Å². The lowest BCUT2D eigenvalue weighted by atomic mass is 10.1. The van der Waals surface area contributed by atoms with Crippen molar-refractivity contribution >= 4 is 23.1 Å². The molecule has 0 aliphatic heterocycles. The average Bonchev–Trinajstić information content (AvgIpc) is 2.75. The van der Waals surface area contributed by atoms with Crippen molar-refractivity contribution in [2.24, 2.45) is 0 Å². The monoisotopic (exact) mass is 242 g/mol. The van der Waals surface area contributed by atoms with Crippen LogP contribution < -0.4 is 0 Å². The predicted molar refractivity (Wildman–Crippen MR) is 73.9 cm³/mol. The van der Waals surface area contributed by atoms with Crippen molar-refractivity contribution in [2.75, 3.05) is 5.75 Å². The topological polar surface area (TPSA) is 0 Å². The maximum Gasteiger partial charge on any atom is 0.0192 e. The minimum atomic E-state index is 1.21. The van der Waals surface area contributed by atoms with Gasteiger partial charge in [0.25, 0.3) is 0 Å². The zero-order valence-electron chi connectivity index (χ0n) is 9.71. The molecule has 0 saturated carbocycles. The summed E-state index contributed by atoms with van der Waals surface area (Å²) in [6, 6.07) is 2.24. The quantitative estimate of drug-likeness (QED) is 0.527. The molecule has 1 heterocycles. The summed E-state index contributed by atoms with van der Waals surface area (Å²) in [6.45, 7) is 2.27. The van der Waals surface area contributed by atoms with Gasteiger partial charge in [0.1, 0.15) is 0 Å². The highest BCUT2D eigenvalue weighted by Crippen LogP contribution is 2.17. The second-order valence-corrected chi connectivity index (χ2v) is 5.84. The molecule has 0 unspecified atom stereocenters. The Labute approximate surface area is 102 Å². The van der Waals surface area contributed by atoms with Gasteiger partial charge < -0.3 is 0 Å². The van der Waals surface area contributed by atoms with E-state index in [0.717, 1.165) is 0 Å². The van der Waals surface area contributed by atoms with Crippen molar-refractivity contribution in [3.8, 4) is 0 Å². The van der Waals surface area contributed by atoms with E-state index in [0.29, 0.717) is 0 Å². The van der Waals surface area contributed by atoms with Crippen molar-refractivity contribution in [3.63, 3.8) is 0 Å². The van der Waals surface area contributed by atoms with Gasteiger partial charge in [0.05, 0.1) is 0 Å². The molecule has 0 atom stereocenters. The first-order valence-electron chi connectivity index (χ1n) is 6.02. The molecule has 0 radical (unpaired) electrons. The van der Waals surface area contributed by atoms with Crippen LogP contribution in [0.25, 0.3) is 0 Å². The van der Waals surface area contributed by atoms with Gasteiger partial charge in [0.2, 0.25) is 0 Å². The number of thiophene rings is 1. The molecule has 0 aliphatic carbocycles. The lowest BCUT2D eigenvalue weighted by Crippen LogP contribution is -1.83. The highest BCUT2D eigenvalue weighted by atomic mass is 32.2. The van der Waals surface area contributed by atoms with Crippen LogP contribution in [0.2, 0.25) is 0 Å². The summed E-state index contributed by atoms with van der Waals surface area (Å²) < 4.78 is 0. The lowest BCUT2D eigenvalue weighted by Gasteiger charge is -2.00. The second kappa shape index (κ2) is 9.29. The molecule has 0 spiro atoms. The van der Waals surface area contributed by atoms with Crippen LogP contribution in [0.4, 0.5) is 0 Å². The van der Waals surface area contributed by atoms with Crippen molar-refractivity contribution < 1.29 is 0 Å². The lowest BCUT2D eigenvalue weighted by molar-refractivity contribution is 0.627. The molecular weight excluding hydrogens is 220 g/mol. The van der Waals surface area contributed by atoms with Crippen LogP contribution in [-0.4, -0.2) is 5.75 Å². The van der Waals surface area contributed by atoms with Crippen LogP contribution in [-0.2, 0) is 5.75 Å². The summed E-state index contributed by atoms with van der Waals surface area (Å²) in [7, 11) is 0. The zero-order valence-corrected chi connectivity index (χ0v) is 11.3. The third-order valence-corrected chi connectivity index (χ3v) is 4.34. The fourth-order valence-corrected chi connectivity index (χ4v) is 3.29. The summed E-state index contributed by atoms with van der Waals surface area (Å²) in [6.07, 6.45) is 8.47. The first-order chi connectivity index (χ1) is 7.43. The van der Waals surface area contributed by atoms with Gasteiger partial charge in [-0.3, -0.25) is 0 Å². The first-order valence-corrected chi connectivity index (χ1v) is 8.12. The molecule has 0 aliphatic rings. The Balaban J connectivity index is 1.81. The Kier molecular flexibility index (Phi) is 8.12. The SMILES string of the molecule is CCCCCCCCSCc1ccsc1. The van der Waals surface area contributed by atoms with E-state index in [-0.39, 0.29) is 0 Å². The maximum absolute atomic E-state index is 2.27. The van der Waals surface area contributed by atoms with Crippen LogP contribution in [0, 0.1) is 0 Å². The number of unbranched alkanes of at least 4 members (excludes halogenated alkanes) is 5. The fraction of sp³-hybridized carbons (Fsp3) is 0.692. The Morgan fingerprint density at radius 2 is 1.93 bits per heavy atom. The Morgan fingerprint density at radius 3 is 2.67 bits per heavy atom. The minimum Gasteiger partial charge on any atom is -0.157 e. The number of hydrogen-bond acceptors (Lipinski definition) is 2. The normalized spacial score (nSPS) is 10.7. The third-order valence-electron chi connectivity index (χ3n) is 2.49. The summed E-state index contributed by atoms with van der Waals surface area (Å²) in [5.41, 5.74) is 1.50. The molecule has 1 aromatic rings. The Bertz CT molecular complexity index is 216. The van der Waals surface area contributed by atoms with Gasteiger partial charge in [0.15, 0.2) is 0 Å². The van der Waals surface area contributed by atoms with E-state index in [4.69, 9.17) is 0 Å². The summed E-state index contributed by atoms with van der Waals surface area (Å²) in [4.78, 5) is 0. The van der Waals surface area contributed by atoms with Gasteiger partial charge in [-0.05, 0) is 34.6 Å². The standard InChI is InChI=1S/C13H22S2/c1-2-3-4-5-6-7-9-14-11-13-8-10-15-12-13/h8,10,12H,2-7,9,11H2,1H3. The van der Waals surface area contributed by atoms with Crippen LogP contribution in [0.5, 0.6) is 0 Å². The van der Waals surface area contributed by atoms with Crippen molar-refractivity contribution in [2.45, 2.75) is 51.2 Å². The molecule has 1 rings (SSSR count). The van der Waals surface area contributed by atoms with E-state index in [1.807, 2.05) is 0 Å². The molecule has 86 valence electrons. The highest BCUT2D eigenvalue weighted by Gasteiger charge is 1.94. The highest BCUT2D eigenvalue weighted by molar-refractivity contribution is 7.98. The van der Waals surface area contributed by atoms with Gasteiger partial charge in [0, 0.05) is 5.75 Å². The van der Waals surface area contributed by atoms with Crippen LogP contribution >= 0.6 is 23.1 Å². The smallest absolute Gasteiger partial charge is 0.0192 e. The number of hydrogen-bond donors (Lipinski definition) is 0. The van der Waals surface area contributed by atoms with E-state index < -0.39 is 0 Å². The van der Waals surface area contributed by atoms with Crippen LogP contribution in [0.3, 0.4) is 0 Å². The predicted octanol–water partition coefficient (Wildman–Crippen LogP) is 5.34. The third kappa shape index (κ3) is 7.02. The Hall–Kier alpha value is 0.0500. The van der Waals surface area contributed by atoms with E-state index in [1.165, 1.54) is 55.6 Å². The van der Waals surface area contributed by atoms with Gasteiger partial charge in [-0.2, -0.15) is 23.1 Å². The molecule has 0 saturated heterocycles. The van der Waals surface area contributed by atoms with Crippen molar-refractivity contribution in [1.29, 1.82) is 0 Å². The molecule has 0 aromatic carbocycles. The van der Waals surface area contributed by atoms with E-state index >= 15 is 0 Å².